The van der Waals surface area contributed by atoms with Crippen LogP contribution in [-0.4, -0.2) is 18.8 Å². The highest BCUT2D eigenvalue weighted by atomic mass is 32.2. The van der Waals surface area contributed by atoms with Gasteiger partial charge >= 0.3 is 0 Å². The van der Waals surface area contributed by atoms with Crippen molar-refractivity contribution in [3.8, 4) is 0 Å². The van der Waals surface area contributed by atoms with E-state index < -0.39 is 10.1 Å². The fraction of sp³-hybridized carbons (Fsp3) is 0.300. The number of benzene rings is 1. The summed E-state index contributed by atoms with van der Waals surface area (Å²) in [4.78, 5) is 11.0. The summed E-state index contributed by atoms with van der Waals surface area (Å²) in [5.74, 6) is -0.211. The monoisotopic (exact) mass is 228 g/mol. The maximum absolute atomic E-state index is 11.2. The van der Waals surface area contributed by atoms with E-state index in [2.05, 4.69) is 0 Å². The molecule has 0 bridgehead atoms. The van der Waals surface area contributed by atoms with Crippen LogP contribution in [0.25, 0.3) is 0 Å². The lowest BCUT2D eigenvalue weighted by atomic mass is 10.0. The van der Waals surface area contributed by atoms with Gasteiger partial charge in [-0.25, -0.2) is 0 Å². The number of aryl methyl sites for hydroxylation is 1. The summed E-state index contributed by atoms with van der Waals surface area (Å²) in [6, 6.07) is 4.04. The lowest BCUT2D eigenvalue weighted by Gasteiger charge is -2.05. The minimum Gasteiger partial charge on any atom is -0.295 e. The Morgan fingerprint density at radius 3 is 2.40 bits per heavy atom. The van der Waals surface area contributed by atoms with Crippen molar-refractivity contribution in [2.45, 2.75) is 25.2 Å². The van der Waals surface area contributed by atoms with E-state index in [1.165, 1.54) is 19.1 Å². The zero-order valence-electron chi connectivity index (χ0n) is 8.52. The molecule has 0 unspecified atom stereocenters. The number of carbonyl (C=O) groups is 1. The third-order valence-electron chi connectivity index (χ3n) is 2.14. The molecule has 0 aliphatic heterocycles. The van der Waals surface area contributed by atoms with Crippen molar-refractivity contribution in [2.75, 3.05) is 0 Å². The van der Waals surface area contributed by atoms with Crippen molar-refractivity contribution < 1.29 is 17.8 Å². The molecule has 1 N–H and O–H groups in total. The van der Waals surface area contributed by atoms with Gasteiger partial charge in [0, 0.05) is 5.56 Å². The van der Waals surface area contributed by atoms with Gasteiger partial charge in [0.2, 0.25) is 0 Å². The molecule has 0 radical (unpaired) electrons. The Balaban J connectivity index is 3.42. The van der Waals surface area contributed by atoms with Crippen LogP contribution in [0.1, 0.15) is 29.8 Å². The SMILES string of the molecule is CCc1ccc(S(=O)(=O)O)cc1C(C)=O. The van der Waals surface area contributed by atoms with Crippen LogP contribution in [0.4, 0.5) is 0 Å². The quantitative estimate of drug-likeness (QED) is 0.631. The molecule has 0 fully saturated rings. The molecule has 0 aromatic heterocycles. The third-order valence-corrected chi connectivity index (χ3v) is 2.99. The smallest absolute Gasteiger partial charge is 0.294 e. The Labute approximate surface area is 88.7 Å². The summed E-state index contributed by atoms with van der Waals surface area (Å²) >= 11 is 0. The Morgan fingerprint density at radius 1 is 1.40 bits per heavy atom. The van der Waals surface area contributed by atoms with Crippen molar-refractivity contribution in [2.24, 2.45) is 0 Å². The second kappa shape index (κ2) is 4.12. The van der Waals surface area contributed by atoms with Gasteiger partial charge in [-0.3, -0.25) is 9.35 Å². The Morgan fingerprint density at radius 2 is 2.00 bits per heavy atom. The molecule has 0 spiro atoms. The second-order valence-electron chi connectivity index (χ2n) is 3.20. The molecule has 1 aromatic carbocycles. The van der Waals surface area contributed by atoms with Crippen molar-refractivity contribution in [1.29, 1.82) is 0 Å². The molecule has 0 aliphatic rings. The van der Waals surface area contributed by atoms with Gasteiger partial charge in [0.25, 0.3) is 10.1 Å². The van der Waals surface area contributed by atoms with E-state index in [9.17, 15) is 13.2 Å². The Kier molecular flexibility index (Phi) is 3.26. The van der Waals surface area contributed by atoms with E-state index in [1.807, 2.05) is 6.92 Å². The van der Waals surface area contributed by atoms with Crippen LogP contribution in [0.15, 0.2) is 23.1 Å². The summed E-state index contributed by atoms with van der Waals surface area (Å²) in [5, 5.41) is 0. The summed E-state index contributed by atoms with van der Waals surface area (Å²) in [7, 11) is -4.24. The van der Waals surface area contributed by atoms with Crippen LogP contribution in [0, 0.1) is 0 Å². The molecule has 0 amide bonds. The third kappa shape index (κ3) is 2.64. The minimum absolute atomic E-state index is 0.211. The molecule has 0 heterocycles. The highest BCUT2D eigenvalue weighted by Crippen LogP contribution is 2.17. The first-order valence-electron chi connectivity index (χ1n) is 4.47. The topological polar surface area (TPSA) is 71.4 Å². The fourth-order valence-corrected chi connectivity index (χ4v) is 1.86. The maximum Gasteiger partial charge on any atom is 0.294 e. The van der Waals surface area contributed by atoms with Crippen LogP contribution >= 0.6 is 0 Å². The van der Waals surface area contributed by atoms with Crippen LogP contribution in [0.2, 0.25) is 0 Å². The minimum atomic E-state index is -4.24. The average molecular weight is 228 g/mol. The molecule has 0 atom stereocenters. The molecule has 0 saturated carbocycles. The zero-order valence-corrected chi connectivity index (χ0v) is 9.34. The fourth-order valence-electron chi connectivity index (χ4n) is 1.35. The predicted molar refractivity (Wildman–Crippen MR) is 55.6 cm³/mol. The number of ketones is 1. The first-order valence-corrected chi connectivity index (χ1v) is 5.91. The van der Waals surface area contributed by atoms with E-state index in [-0.39, 0.29) is 10.7 Å². The van der Waals surface area contributed by atoms with E-state index in [1.54, 1.807) is 6.07 Å². The summed E-state index contributed by atoms with van der Waals surface area (Å²) in [6.07, 6.45) is 0.640. The molecule has 15 heavy (non-hydrogen) atoms. The van der Waals surface area contributed by atoms with Gasteiger partial charge in [0.1, 0.15) is 0 Å². The number of rotatable bonds is 3. The molecular weight excluding hydrogens is 216 g/mol. The first-order chi connectivity index (χ1) is 6.86. The number of carbonyl (C=O) groups excluding carboxylic acids is 1. The molecule has 0 saturated heterocycles. The Hall–Kier alpha value is -1.20. The summed E-state index contributed by atoms with van der Waals surface area (Å²) < 4.78 is 30.5. The predicted octanol–water partition coefficient (Wildman–Crippen LogP) is 1.70. The van der Waals surface area contributed by atoms with E-state index in [0.29, 0.717) is 12.0 Å². The largest absolute Gasteiger partial charge is 0.295 e. The maximum atomic E-state index is 11.2. The van der Waals surface area contributed by atoms with Crippen molar-refractivity contribution in [1.82, 2.24) is 0 Å². The summed E-state index contributed by atoms with van der Waals surface area (Å²) in [6.45, 7) is 3.23. The molecule has 5 heteroatoms. The second-order valence-corrected chi connectivity index (χ2v) is 4.63. The van der Waals surface area contributed by atoms with Crippen molar-refractivity contribution in [3.05, 3.63) is 29.3 Å². The zero-order chi connectivity index (χ0) is 11.6. The van der Waals surface area contributed by atoms with Gasteiger partial charge in [-0.1, -0.05) is 13.0 Å². The van der Waals surface area contributed by atoms with Gasteiger partial charge in [-0.15, -0.1) is 0 Å². The molecule has 4 nitrogen and oxygen atoms in total. The van der Waals surface area contributed by atoms with E-state index in [4.69, 9.17) is 4.55 Å². The summed E-state index contributed by atoms with van der Waals surface area (Å²) in [5.41, 5.74) is 1.11. The van der Waals surface area contributed by atoms with Crippen molar-refractivity contribution >= 4 is 15.9 Å². The van der Waals surface area contributed by atoms with Crippen LogP contribution < -0.4 is 0 Å². The van der Waals surface area contributed by atoms with Gasteiger partial charge in [0.05, 0.1) is 4.90 Å². The lowest BCUT2D eigenvalue weighted by molar-refractivity contribution is 0.101. The van der Waals surface area contributed by atoms with Crippen LogP contribution in [-0.2, 0) is 16.5 Å². The Bertz CT molecular complexity index is 488. The molecule has 1 rings (SSSR count). The van der Waals surface area contributed by atoms with E-state index in [0.717, 1.165) is 5.56 Å². The molecule has 82 valence electrons. The van der Waals surface area contributed by atoms with Crippen LogP contribution in [0.3, 0.4) is 0 Å². The molecule has 1 aromatic rings. The number of hydrogen-bond acceptors (Lipinski definition) is 3. The first kappa shape index (κ1) is 11.9. The standard InChI is InChI=1S/C10H12O4S/c1-3-8-4-5-9(15(12,13)14)6-10(8)7(2)11/h4-6H,3H2,1-2H3,(H,12,13,14). The highest BCUT2D eigenvalue weighted by Gasteiger charge is 2.14. The average Bonchev–Trinajstić information content (AvgIpc) is 2.15. The number of Topliss-reactive ketones (excluding diaryl/α,β-unsaturated/α-hetero) is 1. The molecular formula is C10H12O4S. The van der Waals surface area contributed by atoms with Crippen LogP contribution in [0.5, 0.6) is 0 Å². The van der Waals surface area contributed by atoms with Gasteiger partial charge in [-0.05, 0) is 31.0 Å². The number of hydrogen-bond donors (Lipinski definition) is 1. The van der Waals surface area contributed by atoms with Gasteiger partial charge in [0.15, 0.2) is 5.78 Å². The molecule has 0 aliphatic carbocycles. The van der Waals surface area contributed by atoms with Crippen molar-refractivity contribution in [3.63, 3.8) is 0 Å². The normalized spacial score (nSPS) is 11.4. The van der Waals surface area contributed by atoms with Gasteiger partial charge in [-0.2, -0.15) is 8.42 Å². The highest BCUT2D eigenvalue weighted by molar-refractivity contribution is 7.85. The van der Waals surface area contributed by atoms with Gasteiger partial charge < -0.3 is 0 Å². The lowest BCUT2D eigenvalue weighted by Crippen LogP contribution is -2.04. The van der Waals surface area contributed by atoms with E-state index >= 15 is 0 Å².